The van der Waals surface area contributed by atoms with Gasteiger partial charge >= 0.3 is 6.61 Å². The Morgan fingerprint density at radius 2 is 1.69 bits per heavy atom. The summed E-state index contributed by atoms with van der Waals surface area (Å²) in [6.07, 6.45) is 1.31. The average Bonchev–Trinajstić information content (AvgIpc) is 2.69. The molecule has 152 valence electrons. The van der Waals surface area contributed by atoms with Gasteiger partial charge in [0.05, 0.1) is 14.2 Å². The third kappa shape index (κ3) is 5.23. The Kier molecular flexibility index (Phi) is 7.15. The number of nitrogens with zero attached hydrogens (tertiary/aromatic N) is 1. The van der Waals surface area contributed by atoms with Crippen LogP contribution in [0.3, 0.4) is 0 Å². The first kappa shape index (κ1) is 21.7. The number of nitriles is 1. The van der Waals surface area contributed by atoms with Gasteiger partial charge in [0.15, 0.2) is 11.5 Å². The predicted molar refractivity (Wildman–Crippen MR) is 104 cm³/mol. The van der Waals surface area contributed by atoms with E-state index >= 15 is 0 Å². The van der Waals surface area contributed by atoms with Gasteiger partial charge in [-0.15, -0.1) is 0 Å². The number of nitrogens with one attached hydrogen (secondary N) is 1. The third-order valence-electron chi connectivity index (χ3n) is 4.09. The zero-order chi connectivity index (χ0) is 21.6. The van der Waals surface area contributed by atoms with Gasteiger partial charge in [0.2, 0.25) is 5.75 Å². The predicted octanol–water partition coefficient (Wildman–Crippen LogP) is 4.47. The molecular formula is C21H20F2N2O4. The fourth-order valence-electron chi connectivity index (χ4n) is 2.70. The molecule has 0 fully saturated rings. The lowest BCUT2D eigenvalue weighted by Crippen LogP contribution is -2.15. The maximum Gasteiger partial charge on any atom is 0.387 e. The minimum Gasteiger partial charge on any atom is -0.493 e. The molecule has 0 bridgehead atoms. The molecule has 2 aromatic rings. The van der Waals surface area contributed by atoms with E-state index in [-0.39, 0.29) is 22.8 Å². The van der Waals surface area contributed by atoms with Crippen LogP contribution in [0.2, 0.25) is 0 Å². The Labute approximate surface area is 167 Å². The highest BCUT2D eigenvalue weighted by Gasteiger charge is 2.19. The van der Waals surface area contributed by atoms with Crippen molar-refractivity contribution in [3.05, 3.63) is 52.6 Å². The molecule has 0 aromatic heterocycles. The van der Waals surface area contributed by atoms with Crippen LogP contribution in [0.5, 0.6) is 17.2 Å². The summed E-state index contributed by atoms with van der Waals surface area (Å²) in [5, 5.41) is 12.2. The van der Waals surface area contributed by atoms with E-state index in [1.54, 1.807) is 0 Å². The summed E-state index contributed by atoms with van der Waals surface area (Å²) in [5.74, 6) is -0.928. The molecule has 0 atom stereocenters. The van der Waals surface area contributed by atoms with Crippen molar-refractivity contribution in [1.29, 1.82) is 5.26 Å². The zero-order valence-electron chi connectivity index (χ0n) is 16.4. The van der Waals surface area contributed by atoms with Gasteiger partial charge in [0.1, 0.15) is 11.6 Å². The lowest BCUT2D eigenvalue weighted by molar-refractivity contribution is -0.112. The molecule has 0 unspecified atom stereocenters. The van der Waals surface area contributed by atoms with E-state index in [4.69, 9.17) is 9.47 Å². The van der Waals surface area contributed by atoms with Gasteiger partial charge in [-0.2, -0.15) is 14.0 Å². The number of halogens is 2. The lowest BCUT2D eigenvalue weighted by Gasteiger charge is -2.15. The maximum absolute atomic E-state index is 12.7. The lowest BCUT2D eigenvalue weighted by atomic mass is 10.1. The van der Waals surface area contributed by atoms with Gasteiger partial charge in [-0.05, 0) is 48.7 Å². The van der Waals surface area contributed by atoms with Gasteiger partial charge in [-0.1, -0.05) is 18.2 Å². The van der Waals surface area contributed by atoms with Gasteiger partial charge in [0, 0.05) is 5.69 Å². The number of anilines is 1. The quantitative estimate of drug-likeness (QED) is 0.546. The molecule has 0 saturated carbocycles. The highest BCUT2D eigenvalue weighted by molar-refractivity contribution is 6.10. The molecule has 0 radical (unpaired) electrons. The Balaban J connectivity index is 2.42. The van der Waals surface area contributed by atoms with Crippen molar-refractivity contribution >= 4 is 17.7 Å². The number of carbonyl (C=O) groups excluding carboxylic acids is 1. The van der Waals surface area contributed by atoms with Crippen molar-refractivity contribution in [3.8, 4) is 23.3 Å². The van der Waals surface area contributed by atoms with Crippen LogP contribution in [0.15, 0.2) is 35.9 Å². The standard InChI is InChI=1S/C21H20F2N2O4/c1-12-6-5-7-13(2)18(12)25-20(26)15(11-24)8-14-9-16(27-3)19(29-21(22)23)17(10-14)28-4/h5-10,21H,1-4H3,(H,25,26)/b15-8+. The fraction of sp³-hybridized carbons (Fsp3) is 0.238. The molecule has 2 aromatic carbocycles. The molecule has 8 heteroatoms. The van der Waals surface area contributed by atoms with Crippen molar-refractivity contribution in [2.75, 3.05) is 19.5 Å². The molecule has 0 aliphatic rings. The molecule has 1 amide bonds. The minimum absolute atomic E-state index is 0.0247. The van der Waals surface area contributed by atoms with E-state index in [9.17, 15) is 18.8 Å². The second-order valence-corrected chi connectivity index (χ2v) is 6.02. The van der Waals surface area contributed by atoms with E-state index in [2.05, 4.69) is 10.1 Å². The number of para-hydroxylation sites is 1. The van der Waals surface area contributed by atoms with Crippen LogP contribution >= 0.6 is 0 Å². The van der Waals surface area contributed by atoms with E-state index < -0.39 is 12.5 Å². The number of carbonyl (C=O) groups is 1. The van der Waals surface area contributed by atoms with Crippen LogP contribution < -0.4 is 19.5 Å². The van der Waals surface area contributed by atoms with Crippen LogP contribution in [0, 0.1) is 25.2 Å². The summed E-state index contributed by atoms with van der Waals surface area (Å²) in [5.41, 5.74) is 2.49. The number of methoxy groups -OCH3 is 2. The number of hydrogen-bond acceptors (Lipinski definition) is 5. The topological polar surface area (TPSA) is 80.6 Å². The minimum atomic E-state index is -3.07. The number of alkyl halides is 2. The van der Waals surface area contributed by atoms with Gasteiger partial charge in [0.25, 0.3) is 5.91 Å². The molecule has 2 rings (SSSR count). The van der Waals surface area contributed by atoms with Crippen molar-refractivity contribution in [3.63, 3.8) is 0 Å². The molecule has 1 N–H and O–H groups in total. The summed E-state index contributed by atoms with van der Waals surface area (Å²) in [6.45, 7) is 0.614. The summed E-state index contributed by atoms with van der Waals surface area (Å²) in [6, 6.07) is 10.1. The Morgan fingerprint density at radius 1 is 1.14 bits per heavy atom. The van der Waals surface area contributed by atoms with Gasteiger partial charge < -0.3 is 19.5 Å². The number of aryl methyl sites for hydroxylation is 2. The summed E-state index contributed by atoms with van der Waals surface area (Å²) in [4.78, 5) is 12.6. The SMILES string of the molecule is COc1cc(/C=C(\C#N)C(=O)Nc2c(C)cccc2C)cc(OC)c1OC(F)F. The Bertz CT molecular complexity index is 936. The first-order valence-corrected chi connectivity index (χ1v) is 8.50. The number of amides is 1. The first-order valence-electron chi connectivity index (χ1n) is 8.50. The van der Waals surface area contributed by atoms with Crippen molar-refractivity contribution in [2.24, 2.45) is 0 Å². The second-order valence-electron chi connectivity index (χ2n) is 6.02. The smallest absolute Gasteiger partial charge is 0.387 e. The second kappa shape index (κ2) is 9.55. The molecule has 0 saturated heterocycles. The summed E-state index contributed by atoms with van der Waals surface area (Å²) in [7, 11) is 2.55. The Morgan fingerprint density at radius 3 is 2.14 bits per heavy atom. The molecule has 0 aliphatic carbocycles. The third-order valence-corrected chi connectivity index (χ3v) is 4.09. The summed E-state index contributed by atoms with van der Waals surface area (Å²) < 4.78 is 39.9. The van der Waals surface area contributed by atoms with Crippen LogP contribution in [-0.4, -0.2) is 26.7 Å². The monoisotopic (exact) mass is 402 g/mol. The largest absolute Gasteiger partial charge is 0.493 e. The first-order chi connectivity index (χ1) is 13.8. The Hall–Kier alpha value is -3.60. The van der Waals surface area contributed by atoms with Crippen molar-refractivity contribution in [2.45, 2.75) is 20.5 Å². The molecule has 0 spiro atoms. The fourth-order valence-corrected chi connectivity index (χ4v) is 2.70. The number of ether oxygens (including phenoxy) is 3. The normalized spacial score (nSPS) is 11.0. The van der Waals surface area contributed by atoms with Crippen LogP contribution in [0.4, 0.5) is 14.5 Å². The van der Waals surface area contributed by atoms with Crippen LogP contribution in [0.25, 0.3) is 6.08 Å². The van der Waals surface area contributed by atoms with Crippen molar-refractivity contribution < 1.29 is 27.8 Å². The molecule has 29 heavy (non-hydrogen) atoms. The molecular weight excluding hydrogens is 382 g/mol. The van der Waals surface area contributed by atoms with Gasteiger partial charge in [-0.3, -0.25) is 4.79 Å². The molecule has 0 aliphatic heterocycles. The number of rotatable bonds is 7. The average molecular weight is 402 g/mol. The highest BCUT2D eigenvalue weighted by Crippen LogP contribution is 2.40. The maximum atomic E-state index is 12.7. The van der Waals surface area contributed by atoms with Crippen molar-refractivity contribution in [1.82, 2.24) is 0 Å². The van der Waals surface area contributed by atoms with E-state index in [1.165, 1.54) is 32.4 Å². The van der Waals surface area contributed by atoms with Crippen LogP contribution in [-0.2, 0) is 4.79 Å². The molecule has 0 heterocycles. The molecule has 6 nitrogen and oxygen atoms in total. The zero-order valence-corrected chi connectivity index (χ0v) is 16.4. The van der Waals surface area contributed by atoms with Gasteiger partial charge in [-0.25, -0.2) is 0 Å². The number of hydrogen-bond donors (Lipinski definition) is 1. The van der Waals surface area contributed by atoms with E-state index in [1.807, 2.05) is 38.1 Å². The summed E-state index contributed by atoms with van der Waals surface area (Å²) >= 11 is 0. The number of benzene rings is 2. The highest BCUT2D eigenvalue weighted by atomic mass is 19.3. The van der Waals surface area contributed by atoms with Crippen LogP contribution in [0.1, 0.15) is 16.7 Å². The van der Waals surface area contributed by atoms with E-state index in [0.717, 1.165) is 11.1 Å². The van der Waals surface area contributed by atoms with E-state index in [0.29, 0.717) is 11.3 Å².